The lowest BCUT2D eigenvalue weighted by atomic mass is 10.2. The summed E-state index contributed by atoms with van der Waals surface area (Å²) in [6.07, 6.45) is 0. The molecule has 0 aromatic heterocycles. The van der Waals surface area contributed by atoms with E-state index in [-0.39, 0.29) is 11.9 Å². The van der Waals surface area contributed by atoms with Crippen molar-refractivity contribution in [3.63, 3.8) is 0 Å². The summed E-state index contributed by atoms with van der Waals surface area (Å²) in [7, 11) is 1.71. The van der Waals surface area contributed by atoms with Crippen LogP contribution in [-0.4, -0.2) is 29.8 Å². The predicted octanol–water partition coefficient (Wildman–Crippen LogP) is 3.80. The molecule has 0 aliphatic carbocycles. The lowest BCUT2D eigenvalue weighted by Gasteiger charge is -2.23. The average molecular weight is 325 g/mol. The zero-order valence-electron chi connectivity index (χ0n) is 9.01. The number of benzene rings is 1. The molecule has 1 atom stereocenters. The quantitative estimate of drug-likeness (QED) is 0.774. The maximum Gasteiger partial charge on any atom is 0.255 e. The van der Waals surface area contributed by atoms with Gasteiger partial charge in [-0.05, 0) is 35.0 Å². The smallest absolute Gasteiger partial charge is 0.255 e. The minimum Gasteiger partial charge on any atom is -0.338 e. The first-order valence-electron chi connectivity index (χ1n) is 4.76. The van der Waals surface area contributed by atoms with Crippen LogP contribution < -0.4 is 0 Å². The van der Waals surface area contributed by atoms with Gasteiger partial charge in [0.1, 0.15) is 0 Å². The van der Waals surface area contributed by atoms with Crippen molar-refractivity contribution in [3.05, 3.63) is 33.3 Å². The van der Waals surface area contributed by atoms with Gasteiger partial charge in [0.25, 0.3) is 5.91 Å². The number of halogens is 3. The molecule has 16 heavy (non-hydrogen) atoms. The van der Waals surface area contributed by atoms with E-state index < -0.39 is 0 Å². The Balaban J connectivity index is 3.01. The molecule has 0 bridgehead atoms. The van der Waals surface area contributed by atoms with Gasteiger partial charge in [0.15, 0.2) is 0 Å². The van der Waals surface area contributed by atoms with E-state index in [9.17, 15) is 4.79 Å². The van der Waals surface area contributed by atoms with Gasteiger partial charge in [-0.3, -0.25) is 4.79 Å². The summed E-state index contributed by atoms with van der Waals surface area (Å²) in [5, 5.41) is 0.432. The van der Waals surface area contributed by atoms with Gasteiger partial charge in [-0.2, -0.15) is 0 Å². The van der Waals surface area contributed by atoms with Crippen LogP contribution >= 0.6 is 39.1 Å². The average Bonchev–Trinajstić information content (AvgIpc) is 2.29. The summed E-state index contributed by atoms with van der Waals surface area (Å²) in [6.45, 7) is 1.89. The lowest BCUT2D eigenvalue weighted by Crippen LogP contribution is -2.36. The number of nitrogens with zero attached hydrogens (tertiary/aromatic N) is 1. The van der Waals surface area contributed by atoms with Gasteiger partial charge in [-0.1, -0.05) is 17.7 Å². The second-order valence-electron chi connectivity index (χ2n) is 3.52. The number of rotatable bonds is 3. The molecule has 5 heteroatoms. The molecule has 1 amide bonds. The number of carbonyl (C=O) groups excluding carboxylic acids is 1. The Morgan fingerprint density at radius 3 is 2.75 bits per heavy atom. The third-order valence-electron chi connectivity index (χ3n) is 2.39. The Hall–Kier alpha value is -0.250. The number of amides is 1. The fraction of sp³-hybridized carbons (Fsp3) is 0.364. The maximum atomic E-state index is 12.1. The SMILES string of the molecule is CC(CCl)N(C)C(=O)c1cccc(Br)c1Cl. The highest BCUT2D eigenvalue weighted by Crippen LogP contribution is 2.27. The second-order valence-corrected chi connectivity index (χ2v) is 5.06. The van der Waals surface area contributed by atoms with Crippen molar-refractivity contribution in [1.82, 2.24) is 4.90 Å². The van der Waals surface area contributed by atoms with E-state index in [0.29, 0.717) is 20.9 Å². The molecular formula is C11H12BrCl2NO. The van der Waals surface area contributed by atoms with Crippen LogP contribution in [0.25, 0.3) is 0 Å². The molecule has 0 saturated carbocycles. The van der Waals surface area contributed by atoms with Crippen molar-refractivity contribution in [2.75, 3.05) is 12.9 Å². The third-order valence-corrected chi connectivity index (χ3v) is 4.13. The summed E-state index contributed by atoms with van der Waals surface area (Å²) < 4.78 is 0.715. The highest BCUT2D eigenvalue weighted by molar-refractivity contribution is 9.10. The van der Waals surface area contributed by atoms with Crippen molar-refractivity contribution in [3.8, 4) is 0 Å². The number of alkyl halides is 1. The van der Waals surface area contributed by atoms with Crippen LogP contribution in [0.15, 0.2) is 22.7 Å². The van der Waals surface area contributed by atoms with Gasteiger partial charge in [-0.15, -0.1) is 11.6 Å². The highest BCUT2D eigenvalue weighted by atomic mass is 79.9. The van der Waals surface area contributed by atoms with Gasteiger partial charge in [0, 0.05) is 23.4 Å². The van der Waals surface area contributed by atoms with Gasteiger partial charge >= 0.3 is 0 Å². The molecule has 0 radical (unpaired) electrons. The first kappa shape index (κ1) is 13.8. The van der Waals surface area contributed by atoms with E-state index >= 15 is 0 Å². The molecule has 0 heterocycles. The van der Waals surface area contributed by atoms with Crippen molar-refractivity contribution in [1.29, 1.82) is 0 Å². The van der Waals surface area contributed by atoms with E-state index in [1.165, 1.54) is 0 Å². The maximum absolute atomic E-state index is 12.1. The zero-order valence-corrected chi connectivity index (χ0v) is 12.1. The Kier molecular flexibility index (Phi) is 5.09. The van der Waals surface area contributed by atoms with Crippen LogP contribution in [0.4, 0.5) is 0 Å². The minimum atomic E-state index is -0.126. The molecule has 0 saturated heterocycles. The summed E-state index contributed by atoms with van der Waals surface area (Å²) in [4.78, 5) is 13.7. The highest BCUT2D eigenvalue weighted by Gasteiger charge is 2.19. The topological polar surface area (TPSA) is 20.3 Å². The molecule has 0 spiro atoms. The van der Waals surface area contributed by atoms with Gasteiger partial charge in [0.05, 0.1) is 10.6 Å². The normalized spacial score (nSPS) is 12.3. The van der Waals surface area contributed by atoms with E-state index in [4.69, 9.17) is 23.2 Å². The Bertz CT molecular complexity index is 398. The van der Waals surface area contributed by atoms with Crippen LogP contribution in [0.5, 0.6) is 0 Å². The summed E-state index contributed by atoms with van der Waals surface area (Å²) >= 11 is 15.1. The molecule has 1 aromatic rings. The molecule has 1 aromatic carbocycles. The Morgan fingerprint density at radius 1 is 1.56 bits per heavy atom. The van der Waals surface area contributed by atoms with Crippen LogP contribution in [0.3, 0.4) is 0 Å². The second kappa shape index (κ2) is 5.89. The number of carbonyl (C=O) groups is 1. The van der Waals surface area contributed by atoms with Crippen molar-refractivity contribution in [2.24, 2.45) is 0 Å². The molecule has 1 rings (SSSR count). The van der Waals surface area contributed by atoms with E-state index in [1.54, 1.807) is 30.1 Å². The standard InChI is InChI=1S/C11H12BrCl2NO/c1-7(6-13)15(2)11(16)8-4-3-5-9(12)10(8)14/h3-5,7H,6H2,1-2H3. The van der Waals surface area contributed by atoms with E-state index in [2.05, 4.69) is 15.9 Å². The largest absolute Gasteiger partial charge is 0.338 e. The molecule has 1 unspecified atom stereocenters. The predicted molar refractivity (Wildman–Crippen MR) is 71.4 cm³/mol. The first-order valence-corrected chi connectivity index (χ1v) is 6.46. The Morgan fingerprint density at radius 2 is 2.19 bits per heavy atom. The lowest BCUT2D eigenvalue weighted by molar-refractivity contribution is 0.0757. The zero-order chi connectivity index (χ0) is 12.3. The molecule has 0 aliphatic heterocycles. The van der Waals surface area contributed by atoms with Crippen molar-refractivity contribution in [2.45, 2.75) is 13.0 Å². The summed E-state index contributed by atoms with van der Waals surface area (Å²) in [6, 6.07) is 5.25. The number of hydrogen-bond donors (Lipinski definition) is 0. The summed E-state index contributed by atoms with van der Waals surface area (Å²) in [5.41, 5.74) is 0.482. The fourth-order valence-corrected chi connectivity index (χ4v) is 1.94. The van der Waals surface area contributed by atoms with Crippen LogP contribution in [-0.2, 0) is 0 Å². The van der Waals surface area contributed by atoms with Gasteiger partial charge < -0.3 is 4.90 Å². The van der Waals surface area contributed by atoms with Crippen molar-refractivity contribution < 1.29 is 4.79 Å². The molecule has 2 nitrogen and oxygen atoms in total. The Labute approximate surface area is 114 Å². The monoisotopic (exact) mass is 323 g/mol. The molecule has 0 aliphatic rings. The first-order chi connectivity index (χ1) is 7.49. The van der Waals surface area contributed by atoms with Crippen LogP contribution in [0, 0.1) is 0 Å². The minimum absolute atomic E-state index is 0.0239. The van der Waals surface area contributed by atoms with E-state index in [0.717, 1.165) is 0 Å². The van der Waals surface area contributed by atoms with Gasteiger partial charge in [-0.25, -0.2) is 0 Å². The fourth-order valence-electron chi connectivity index (χ4n) is 1.16. The third kappa shape index (κ3) is 2.90. The summed E-state index contributed by atoms with van der Waals surface area (Å²) in [5.74, 6) is 0.271. The van der Waals surface area contributed by atoms with Gasteiger partial charge in [0.2, 0.25) is 0 Å². The van der Waals surface area contributed by atoms with Crippen molar-refractivity contribution >= 4 is 45.0 Å². The molecule has 0 fully saturated rings. The van der Waals surface area contributed by atoms with E-state index in [1.807, 2.05) is 6.92 Å². The van der Waals surface area contributed by atoms with Crippen LogP contribution in [0.1, 0.15) is 17.3 Å². The molecule has 88 valence electrons. The molecule has 0 N–H and O–H groups in total. The molecular weight excluding hydrogens is 313 g/mol. The van der Waals surface area contributed by atoms with Crippen LogP contribution in [0.2, 0.25) is 5.02 Å². The number of hydrogen-bond acceptors (Lipinski definition) is 1.